The zero-order chi connectivity index (χ0) is 19.8. The normalized spacial score (nSPS) is 13.5. The third-order valence-electron chi connectivity index (χ3n) is 5.29. The summed E-state index contributed by atoms with van der Waals surface area (Å²) in [5.74, 6) is 0.208. The van der Waals surface area contributed by atoms with Crippen LogP contribution >= 0.6 is 0 Å². The molecule has 0 saturated carbocycles. The van der Waals surface area contributed by atoms with Gasteiger partial charge in [-0.15, -0.1) is 0 Å². The van der Waals surface area contributed by atoms with Crippen LogP contribution in [0, 0.1) is 11.6 Å². The molecular weight excluding hydrogens is 370 g/mol. The second-order valence-electron chi connectivity index (χ2n) is 7.28. The number of pyridine rings is 1. The molecular formula is C23H18F2N4. The molecule has 4 nitrogen and oxygen atoms in total. The van der Waals surface area contributed by atoms with Gasteiger partial charge in [-0.25, -0.2) is 18.7 Å². The van der Waals surface area contributed by atoms with Gasteiger partial charge in [0.05, 0.1) is 5.52 Å². The summed E-state index contributed by atoms with van der Waals surface area (Å²) in [5.41, 5.74) is 5.06. The molecule has 0 spiro atoms. The molecule has 0 saturated heterocycles. The van der Waals surface area contributed by atoms with Crippen LogP contribution in [-0.2, 0) is 19.4 Å². The Balaban J connectivity index is 1.44. The van der Waals surface area contributed by atoms with Gasteiger partial charge in [-0.2, -0.15) is 0 Å². The third-order valence-corrected chi connectivity index (χ3v) is 5.29. The summed E-state index contributed by atoms with van der Waals surface area (Å²) in [4.78, 5) is 15.5. The van der Waals surface area contributed by atoms with Crippen molar-refractivity contribution in [3.05, 3.63) is 95.1 Å². The van der Waals surface area contributed by atoms with E-state index in [0.29, 0.717) is 18.4 Å². The average molecular weight is 388 g/mol. The van der Waals surface area contributed by atoms with Gasteiger partial charge in [0.1, 0.15) is 23.8 Å². The molecule has 0 bridgehead atoms. The molecule has 0 fully saturated rings. The monoisotopic (exact) mass is 388 g/mol. The number of rotatable bonds is 3. The first-order valence-electron chi connectivity index (χ1n) is 9.52. The summed E-state index contributed by atoms with van der Waals surface area (Å²) >= 11 is 0. The van der Waals surface area contributed by atoms with Gasteiger partial charge >= 0.3 is 0 Å². The lowest BCUT2D eigenvalue weighted by atomic mass is 10.00. The standard InChI is InChI=1S/C23H18F2N4/c24-18-3-1-15(2-4-18)9-16-10-17-13-29(8-7-21(17)26-12-16)23-20-11-19(25)5-6-22(20)27-14-28-23/h1-6,10-12,14H,7-9,13H2. The van der Waals surface area contributed by atoms with Crippen LogP contribution < -0.4 is 4.90 Å². The Bertz CT molecular complexity index is 1190. The van der Waals surface area contributed by atoms with Crippen LogP contribution in [0.2, 0.25) is 0 Å². The molecule has 2 aromatic carbocycles. The second-order valence-corrected chi connectivity index (χ2v) is 7.28. The van der Waals surface area contributed by atoms with Gasteiger partial charge in [0.2, 0.25) is 0 Å². The Morgan fingerprint density at radius 1 is 0.862 bits per heavy atom. The van der Waals surface area contributed by atoms with Gasteiger partial charge in [-0.1, -0.05) is 18.2 Å². The average Bonchev–Trinajstić information content (AvgIpc) is 2.74. The van der Waals surface area contributed by atoms with Crippen LogP contribution in [-0.4, -0.2) is 21.5 Å². The maximum atomic E-state index is 13.8. The fourth-order valence-corrected chi connectivity index (χ4v) is 3.86. The van der Waals surface area contributed by atoms with Crippen LogP contribution in [0.4, 0.5) is 14.6 Å². The Morgan fingerprint density at radius 3 is 2.55 bits per heavy atom. The van der Waals surface area contributed by atoms with E-state index in [-0.39, 0.29) is 11.6 Å². The van der Waals surface area contributed by atoms with Gasteiger partial charge < -0.3 is 4.90 Å². The molecule has 3 heterocycles. The largest absolute Gasteiger partial charge is 0.351 e. The second kappa shape index (κ2) is 7.20. The van der Waals surface area contributed by atoms with E-state index in [4.69, 9.17) is 0 Å². The molecule has 144 valence electrons. The van der Waals surface area contributed by atoms with E-state index in [1.807, 2.05) is 6.20 Å². The number of nitrogens with zero attached hydrogens (tertiary/aromatic N) is 4. The van der Waals surface area contributed by atoms with Crippen molar-refractivity contribution < 1.29 is 8.78 Å². The van der Waals surface area contributed by atoms with Crippen molar-refractivity contribution in [1.82, 2.24) is 15.0 Å². The van der Waals surface area contributed by atoms with Crippen molar-refractivity contribution in [2.75, 3.05) is 11.4 Å². The number of hydrogen-bond donors (Lipinski definition) is 0. The minimum atomic E-state index is -0.297. The lowest BCUT2D eigenvalue weighted by molar-refractivity contribution is 0.627. The summed E-state index contributed by atoms with van der Waals surface area (Å²) < 4.78 is 26.9. The first kappa shape index (κ1) is 17.7. The Kier molecular flexibility index (Phi) is 4.39. The molecule has 0 atom stereocenters. The number of aromatic nitrogens is 3. The van der Waals surface area contributed by atoms with Crippen molar-refractivity contribution in [2.24, 2.45) is 0 Å². The molecule has 0 amide bonds. The number of hydrogen-bond acceptors (Lipinski definition) is 4. The number of halogens is 2. The van der Waals surface area contributed by atoms with Gasteiger partial charge in [0, 0.05) is 36.8 Å². The van der Waals surface area contributed by atoms with E-state index >= 15 is 0 Å². The summed E-state index contributed by atoms with van der Waals surface area (Å²) in [6.07, 6.45) is 4.91. The van der Waals surface area contributed by atoms with Gasteiger partial charge in [-0.3, -0.25) is 4.98 Å². The topological polar surface area (TPSA) is 41.9 Å². The highest BCUT2D eigenvalue weighted by atomic mass is 19.1. The van der Waals surface area contributed by atoms with Gasteiger partial charge in [-0.05, 0) is 53.4 Å². The van der Waals surface area contributed by atoms with E-state index in [1.54, 1.807) is 18.2 Å². The molecule has 6 heteroatoms. The van der Waals surface area contributed by atoms with Crippen LogP contribution in [0.15, 0.2) is 61.1 Å². The van der Waals surface area contributed by atoms with Crippen molar-refractivity contribution >= 4 is 16.7 Å². The lowest BCUT2D eigenvalue weighted by Crippen LogP contribution is -2.32. The zero-order valence-electron chi connectivity index (χ0n) is 15.6. The highest BCUT2D eigenvalue weighted by Crippen LogP contribution is 2.28. The maximum absolute atomic E-state index is 13.8. The van der Waals surface area contributed by atoms with E-state index in [2.05, 4.69) is 25.9 Å². The van der Waals surface area contributed by atoms with Crippen LogP contribution in [0.1, 0.15) is 22.4 Å². The molecule has 4 aromatic rings. The Labute approximate surface area is 166 Å². The lowest BCUT2D eigenvalue weighted by Gasteiger charge is -2.30. The first-order chi connectivity index (χ1) is 14.2. The molecule has 2 aromatic heterocycles. The summed E-state index contributed by atoms with van der Waals surface area (Å²) in [5, 5.41) is 0.714. The van der Waals surface area contributed by atoms with Crippen LogP contribution in [0.3, 0.4) is 0 Å². The highest BCUT2D eigenvalue weighted by Gasteiger charge is 2.21. The van der Waals surface area contributed by atoms with Crippen LogP contribution in [0.25, 0.3) is 10.9 Å². The van der Waals surface area contributed by atoms with E-state index in [0.717, 1.165) is 46.7 Å². The van der Waals surface area contributed by atoms with Gasteiger partial charge in [0.25, 0.3) is 0 Å². The molecule has 0 aliphatic carbocycles. The van der Waals surface area contributed by atoms with Crippen molar-refractivity contribution in [1.29, 1.82) is 0 Å². The fourth-order valence-electron chi connectivity index (χ4n) is 3.86. The van der Waals surface area contributed by atoms with Crippen molar-refractivity contribution in [2.45, 2.75) is 19.4 Å². The molecule has 0 unspecified atom stereocenters. The Hall–Kier alpha value is -3.41. The third kappa shape index (κ3) is 3.53. The highest BCUT2D eigenvalue weighted by molar-refractivity contribution is 5.89. The van der Waals surface area contributed by atoms with Gasteiger partial charge in [0.15, 0.2) is 0 Å². The van der Waals surface area contributed by atoms with Crippen molar-refractivity contribution in [3.63, 3.8) is 0 Å². The quantitative estimate of drug-likeness (QED) is 0.520. The zero-order valence-corrected chi connectivity index (χ0v) is 15.6. The van der Waals surface area contributed by atoms with Crippen molar-refractivity contribution in [3.8, 4) is 0 Å². The molecule has 5 rings (SSSR count). The summed E-state index contributed by atoms with van der Waals surface area (Å²) in [6.45, 7) is 1.42. The number of fused-ring (bicyclic) bond motifs is 2. The SMILES string of the molecule is Fc1ccc(Cc2cnc3c(c2)CN(c2ncnc4ccc(F)cc24)CC3)cc1. The minimum Gasteiger partial charge on any atom is -0.351 e. The smallest absolute Gasteiger partial charge is 0.140 e. The molecule has 0 N–H and O–H groups in total. The number of anilines is 1. The van der Waals surface area contributed by atoms with E-state index in [1.165, 1.54) is 30.6 Å². The maximum Gasteiger partial charge on any atom is 0.140 e. The van der Waals surface area contributed by atoms with E-state index < -0.39 is 0 Å². The number of benzene rings is 2. The predicted octanol–water partition coefficient (Wildman–Crippen LogP) is 4.46. The Morgan fingerprint density at radius 2 is 1.69 bits per heavy atom. The fraction of sp³-hybridized carbons (Fsp3) is 0.174. The minimum absolute atomic E-state index is 0.235. The van der Waals surface area contributed by atoms with E-state index in [9.17, 15) is 8.78 Å². The molecule has 0 radical (unpaired) electrons. The molecule has 29 heavy (non-hydrogen) atoms. The summed E-state index contributed by atoms with van der Waals surface area (Å²) in [6, 6.07) is 13.3. The molecule has 1 aliphatic rings. The first-order valence-corrected chi connectivity index (χ1v) is 9.52. The predicted molar refractivity (Wildman–Crippen MR) is 108 cm³/mol. The summed E-state index contributed by atoms with van der Waals surface area (Å²) in [7, 11) is 0. The molecule has 1 aliphatic heterocycles. The van der Waals surface area contributed by atoms with Crippen LogP contribution in [0.5, 0.6) is 0 Å².